The fraction of sp³-hybridized carbons (Fsp3) is 0.462. The number of rotatable bonds is 4. The summed E-state index contributed by atoms with van der Waals surface area (Å²) in [6.07, 6.45) is 0. The van der Waals surface area contributed by atoms with Crippen LogP contribution in [-0.2, 0) is 4.79 Å². The molecule has 0 bridgehead atoms. The van der Waals surface area contributed by atoms with Crippen molar-refractivity contribution in [2.75, 3.05) is 19.7 Å². The van der Waals surface area contributed by atoms with E-state index in [4.69, 9.17) is 4.74 Å². The van der Waals surface area contributed by atoms with Crippen LogP contribution >= 0.6 is 0 Å². The van der Waals surface area contributed by atoms with Gasteiger partial charge in [-0.05, 0) is 18.6 Å². The first kappa shape index (κ1) is 11.9. The summed E-state index contributed by atoms with van der Waals surface area (Å²) in [5, 5.41) is 12.3. The van der Waals surface area contributed by atoms with Gasteiger partial charge in [0, 0.05) is 19.0 Å². The smallest absolute Gasteiger partial charge is 0.308 e. The van der Waals surface area contributed by atoms with Gasteiger partial charge < -0.3 is 15.2 Å². The maximum atomic E-state index is 11.2. The zero-order chi connectivity index (χ0) is 12.3. The third-order valence-electron chi connectivity index (χ3n) is 3.15. The molecule has 17 heavy (non-hydrogen) atoms. The summed E-state index contributed by atoms with van der Waals surface area (Å²) in [5.74, 6) is -0.312. The molecule has 2 N–H and O–H groups in total. The molecular weight excluding hydrogens is 218 g/mol. The lowest BCUT2D eigenvalue weighted by molar-refractivity contribution is -0.141. The van der Waals surface area contributed by atoms with Crippen LogP contribution in [-0.4, -0.2) is 30.8 Å². The number of aliphatic carboxylic acids is 1. The third kappa shape index (κ3) is 2.42. The van der Waals surface area contributed by atoms with Crippen molar-refractivity contribution in [1.29, 1.82) is 0 Å². The Morgan fingerprint density at radius 1 is 1.47 bits per heavy atom. The monoisotopic (exact) mass is 235 g/mol. The van der Waals surface area contributed by atoms with E-state index in [1.165, 1.54) is 0 Å². The molecule has 2 atom stereocenters. The summed E-state index contributed by atoms with van der Waals surface area (Å²) in [7, 11) is 0. The molecule has 0 aliphatic carbocycles. The Morgan fingerprint density at radius 3 is 2.94 bits per heavy atom. The maximum absolute atomic E-state index is 11.2. The number of hydrogen-bond donors (Lipinski definition) is 2. The molecule has 0 saturated carbocycles. The predicted octanol–water partition coefficient (Wildman–Crippen LogP) is 1.47. The van der Waals surface area contributed by atoms with E-state index in [2.05, 4.69) is 5.32 Å². The Hall–Kier alpha value is -1.55. The number of hydrogen-bond acceptors (Lipinski definition) is 3. The molecule has 0 amide bonds. The van der Waals surface area contributed by atoms with Gasteiger partial charge in [0.25, 0.3) is 0 Å². The van der Waals surface area contributed by atoms with Crippen molar-refractivity contribution in [2.45, 2.75) is 12.8 Å². The van der Waals surface area contributed by atoms with Crippen molar-refractivity contribution in [1.82, 2.24) is 5.32 Å². The summed E-state index contributed by atoms with van der Waals surface area (Å²) >= 11 is 0. The minimum atomic E-state index is -0.744. The van der Waals surface area contributed by atoms with E-state index in [0.717, 1.165) is 11.3 Å². The Balaban J connectivity index is 2.29. The lowest BCUT2D eigenvalue weighted by atomic mass is 9.88. The van der Waals surface area contributed by atoms with E-state index in [0.29, 0.717) is 19.7 Å². The van der Waals surface area contributed by atoms with Gasteiger partial charge in [-0.1, -0.05) is 18.2 Å². The van der Waals surface area contributed by atoms with Gasteiger partial charge in [-0.3, -0.25) is 4.79 Å². The quantitative estimate of drug-likeness (QED) is 0.829. The first-order chi connectivity index (χ1) is 8.24. The van der Waals surface area contributed by atoms with Crippen LogP contribution in [0, 0.1) is 5.92 Å². The Kier molecular flexibility index (Phi) is 3.64. The van der Waals surface area contributed by atoms with Gasteiger partial charge in [-0.2, -0.15) is 0 Å². The Bertz CT molecular complexity index is 405. The molecule has 1 aromatic rings. The zero-order valence-electron chi connectivity index (χ0n) is 9.85. The Morgan fingerprint density at radius 2 is 2.24 bits per heavy atom. The molecule has 0 unspecified atom stereocenters. The average Bonchev–Trinajstić information content (AvgIpc) is 2.79. The molecule has 1 aliphatic heterocycles. The highest BCUT2D eigenvalue weighted by molar-refractivity contribution is 5.72. The molecule has 1 aliphatic rings. The van der Waals surface area contributed by atoms with Crippen LogP contribution in [0.25, 0.3) is 0 Å². The molecule has 4 nitrogen and oxygen atoms in total. The number of carboxylic acid groups (broad SMARTS) is 1. The molecule has 0 spiro atoms. The fourth-order valence-electron chi connectivity index (χ4n) is 2.34. The van der Waals surface area contributed by atoms with Crippen LogP contribution in [0.4, 0.5) is 0 Å². The minimum Gasteiger partial charge on any atom is -0.494 e. The summed E-state index contributed by atoms with van der Waals surface area (Å²) in [4.78, 5) is 11.2. The second-order valence-electron chi connectivity index (χ2n) is 4.18. The number of carboxylic acids is 1. The lowest BCUT2D eigenvalue weighted by Gasteiger charge is -2.18. The summed E-state index contributed by atoms with van der Waals surface area (Å²) in [5.41, 5.74) is 0.992. The van der Waals surface area contributed by atoms with Gasteiger partial charge in [0.2, 0.25) is 0 Å². The first-order valence-electron chi connectivity index (χ1n) is 5.89. The van der Waals surface area contributed by atoms with Crippen molar-refractivity contribution < 1.29 is 14.6 Å². The number of nitrogens with one attached hydrogen (secondary N) is 1. The molecule has 1 saturated heterocycles. The highest BCUT2D eigenvalue weighted by Crippen LogP contribution is 2.34. The lowest BCUT2D eigenvalue weighted by Crippen LogP contribution is -2.21. The van der Waals surface area contributed by atoms with Crippen molar-refractivity contribution >= 4 is 5.97 Å². The highest BCUT2D eigenvalue weighted by Gasteiger charge is 2.35. The van der Waals surface area contributed by atoms with Gasteiger partial charge >= 0.3 is 5.97 Å². The number of para-hydroxylation sites is 1. The topological polar surface area (TPSA) is 58.6 Å². The molecule has 92 valence electrons. The van der Waals surface area contributed by atoms with E-state index in [1.807, 2.05) is 31.2 Å². The van der Waals surface area contributed by atoms with Crippen molar-refractivity contribution in [3.05, 3.63) is 29.8 Å². The minimum absolute atomic E-state index is 0.00440. The number of carbonyl (C=O) groups is 1. The van der Waals surface area contributed by atoms with Gasteiger partial charge in [0.15, 0.2) is 0 Å². The van der Waals surface area contributed by atoms with Crippen LogP contribution in [0.5, 0.6) is 5.75 Å². The molecule has 1 aromatic carbocycles. The van der Waals surface area contributed by atoms with E-state index in [9.17, 15) is 9.90 Å². The van der Waals surface area contributed by atoms with Gasteiger partial charge in [-0.15, -0.1) is 0 Å². The number of benzene rings is 1. The van der Waals surface area contributed by atoms with E-state index >= 15 is 0 Å². The summed E-state index contributed by atoms with van der Waals surface area (Å²) in [6, 6.07) is 7.69. The normalized spacial score (nSPS) is 23.6. The standard InChI is InChI=1S/C13H17NO3/c1-2-17-12-6-4-3-5-9(12)10-7-14-8-11(10)13(15)16/h3-6,10-11,14H,2,7-8H2,1H3,(H,15,16)/t10-,11+/m1/s1. The summed E-state index contributed by atoms with van der Waals surface area (Å²) < 4.78 is 5.56. The second-order valence-corrected chi connectivity index (χ2v) is 4.18. The zero-order valence-corrected chi connectivity index (χ0v) is 9.85. The molecule has 0 aromatic heterocycles. The molecule has 4 heteroatoms. The van der Waals surface area contributed by atoms with Crippen LogP contribution in [0.1, 0.15) is 18.4 Å². The largest absolute Gasteiger partial charge is 0.494 e. The first-order valence-corrected chi connectivity index (χ1v) is 5.89. The van der Waals surface area contributed by atoms with Crippen molar-refractivity contribution in [2.24, 2.45) is 5.92 Å². The van der Waals surface area contributed by atoms with E-state index < -0.39 is 5.97 Å². The molecule has 2 rings (SSSR count). The average molecular weight is 235 g/mol. The summed E-state index contributed by atoms with van der Waals surface area (Å²) in [6.45, 7) is 3.74. The van der Waals surface area contributed by atoms with Crippen LogP contribution < -0.4 is 10.1 Å². The van der Waals surface area contributed by atoms with Gasteiger partial charge in [-0.25, -0.2) is 0 Å². The van der Waals surface area contributed by atoms with Gasteiger partial charge in [0.1, 0.15) is 5.75 Å². The molecule has 1 fully saturated rings. The van der Waals surface area contributed by atoms with Gasteiger partial charge in [0.05, 0.1) is 12.5 Å². The maximum Gasteiger partial charge on any atom is 0.308 e. The van der Waals surface area contributed by atoms with Crippen LogP contribution in [0.15, 0.2) is 24.3 Å². The van der Waals surface area contributed by atoms with Crippen LogP contribution in [0.3, 0.4) is 0 Å². The number of ether oxygens (including phenoxy) is 1. The molecular formula is C13H17NO3. The van der Waals surface area contributed by atoms with Crippen LogP contribution in [0.2, 0.25) is 0 Å². The molecule has 0 radical (unpaired) electrons. The SMILES string of the molecule is CCOc1ccccc1[C@H]1CNC[C@@H]1C(=O)O. The van der Waals surface area contributed by atoms with E-state index in [1.54, 1.807) is 0 Å². The van der Waals surface area contributed by atoms with Crippen molar-refractivity contribution in [3.8, 4) is 5.75 Å². The second kappa shape index (κ2) is 5.19. The Labute approximate surface area is 101 Å². The highest BCUT2D eigenvalue weighted by atomic mass is 16.5. The predicted molar refractivity (Wildman–Crippen MR) is 64.3 cm³/mol. The third-order valence-corrected chi connectivity index (χ3v) is 3.15. The fourth-order valence-corrected chi connectivity index (χ4v) is 2.34. The van der Waals surface area contributed by atoms with E-state index in [-0.39, 0.29) is 11.8 Å². The molecule has 1 heterocycles. The van der Waals surface area contributed by atoms with Crippen molar-refractivity contribution in [3.63, 3.8) is 0 Å².